The Balaban J connectivity index is 2.56. The highest BCUT2D eigenvalue weighted by Gasteiger charge is 1.99. The lowest BCUT2D eigenvalue weighted by molar-refractivity contribution is 0.663. The molecule has 1 rings (SSSR count). The summed E-state index contributed by atoms with van der Waals surface area (Å²) < 4.78 is 0. The van der Waals surface area contributed by atoms with Crippen molar-refractivity contribution >= 4 is 22.4 Å². The molecular formula is C12H20N2S. The topological polar surface area (TPSA) is 15.3 Å². The van der Waals surface area contributed by atoms with Crippen LogP contribution in [0.3, 0.4) is 0 Å². The molecule has 0 spiro atoms. The molecule has 0 aromatic carbocycles. The van der Waals surface area contributed by atoms with E-state index in [1.807, 2.05) is 11.3 Å². The maximum atomic E-state index is 3.35. The number of thiophene rings is 1. The van der Waals surface area contributed by atoms with Gasteiger partial charge in [-0.25, -0.2) is 0 Å². The molecule has 0 aliphatic rings. The molecule has 84 valence electrons. The summed E-state index contributed by atoms with van der Waals surface area (Å²) in [5.74, 6) is 0. The third-order valence-corrected chi connectivity index (χ3v) is 3.35. The normalized spacial score (nSPS) is 13.3. The van der Waals surface area contributed by atoms with Crippen LogP contribution in [-0.2, 0) is 0 Å². The van der Waals surface area contributed by atoms with Crippen molar-refractivity contribution in [2.75, 3.05) is 25.5 Å². The standard InChI is InChI=1S/C12H20N2S/c1-5-13-10(2)6-7-11-8-9-12(15-11)14(3)4/h6-10,13H,5H2,1-4H3/b7-6+. The molecule has 0 saturated carbocycles. The molecule has 1 unspecified atom stereocenters. The van der Waals surface area contributed by atoms with Crippen molar-refractivity contribution in [2.45, 2.75) is 19.9 Å². The summed E-state index contributed by atoms with van der Waals surface area (Å²) in [6.45, 7) is 5.30. The van der Waals surface area contributed by atoms with Gasteiger partial charge in [-0.05, 0) is 31.7 Å². The van der Waals surface area contributed by atoms with Gasteiger partial charge in [0.05, 0.1) is 5.00 Å². The van der Waals surface area contributed by atoms with Crippen molar-refractivity contribution in [3.05, 3.63) is 23.1 Å². The van der Waals surface area contributed by atoms with Crippen molar-refractivity contribution < 1.29 is 0 Å². The van der Waals surface area contributed by atoms with Crippen LogP contribution < -0.4 is 10.2 Å². The van der Waals surface area contributed by atoms with Crippen LogP contribution >= 0.6 is 11.3 Å². The first-order valence-electron chi connectivity index (χ1n) is 5.32. The predicted octanol–water partition coefficient (Wildman–Crippen LogP) is 2.83. The molecule has 0 saturated heterocycles. The fourth-order valence-corrected chi connectivity index (χ4v) is 2.14. The second kappa shape index (κ2) is 5.93. The van der Waals surface area contributed by atoms with E-state index in [4.69, 9.17) is 0 Å². The van der Waals surface area contributed by atoms with E-state index in [0.717, 1.165) is 6.54 Å². The van der Waals surface area contributed by atoms with Crippen LogP contribution in [-0.4, -0.2) is 26.7 Å². The fraction of sp³-hybridized carbons (Fsp3) is 0.500. The van der Waals surface area contributed by atoms with Crippen molar-refractivity contribution in [1.29, 1.82) is 0 Å². The summed E-state index contributed by atoms with van der Waals surface area (Å²) in [6.07, 6.45) is 4.39. The Hall–Kier alpha value is -0.800. The van der Waals surface area contributed by atoms with E-state index in [-0.39, 0.29) is 0 Å². The van der Waals surface area contributed by atoms with E-state index >= 15 is 0 Å². The summed E-state index contributed by atoms with van der Waals surface area (Å²) in [7, 11) is 4.14. The van der Waals surface area contributed by atoms with E-state index in [0.29, 0.717) is 6.04 Å². The van der Waals surface area contributed by atoms with Crippen molar-refractivity contribution in [2.24, 2.45) is 0 Å². The monoisotopic (exact) mass is 224 g/mol. The summed E-state index contributed by atoms with van der Waals surface area (Å²) in [5.41, 5.74) is 0. The molecule has 0 aliphatic heterocycles. The van der Waals surface area contributed by atoms with Gasteiger partial charge in [-0.3, -0.25) is 0 Å². The Morgan fingerprint density at radius 1 is 1.47 bits per heavy atom. The molecular weight excluding hydrogens is 204 g/mol. The molecule has 1 aromatic heterocycles. The molecule has 1 heterocycles. The molecule has 0 radical (unpaired) electrons. The molecule has 0 amide bonds. The molecule has 1 atom stereocenters. The number of hydrogen-bond acceptors (Lipinski definition) is 3. The fourth-order valence-electron chi connectivity index (χ4n) is 1.30. The third-order valence-electron chi connectivity index (χ3n) is 2.13. The van der Waals surface area contributed by atoms with Crippen LogP contribution in [0.1, 0.15) is 18.7 Å². The van der Waals surface area contributed by atoms with Crippen LogP contribution in [0.25, 0.3) is 6.08 Å². The first kappa shape index (κ1) is 12.3. The van der Waals surface area contributed by atoms with Gasteiger partial charge in [0.15, 0.2) is 0 Å². The molecule has 2 nitrogen and oxygen atoms in total. The number of nitrogens with zero attached hydrogens (tertiary/aromatic N) is 1. The summed E-state index contributed by atoms with van der Waals surface area (Å²) >= 11 is 1.81. The summed E-state index contributed by atoms with van der Waals surface area (Å²) in [4.78, 5) is 3.44. The van der Waals surface area contributed by atoms with Crippen molar-refractivity contribution in [3.8, 4) is 0 Å². The van der Waals surface area contributed by atoms with Crippen molar-refractivity contribution in [3.63, 3.8) is 0 Å². The molecule has 0 aliphatic carbocycles. The molecule has 0 fully saturated rings. The number of likely N-dealkylation sites (N-methyl/N-ethyl adjacent to an activating group) is 1. The highest BCUT2D eigenvalue weighted by molar-refractivity contribution is 7.16. The summed E-state index contributed by atoms with van der Waals surface area (Å²) in [5, 5.41) is 4.65. The van der Waals surface area contributed by atoms with E-state index in [1.54, 1.807) is 0 Å². The van der Waals surface area contributed by atoms with Crippen LogP contribution in [0.4, 0.5) is 5.00 Å². The first-order chi connectivity index (χ1) is 7.13. The van der Waals surface area contributed by atoms with Crippen LogP contribution in [0.15, 0.2) is 18.2 Å². The van der Waals surface area contributed by atoms with Gasteiger partial charge in [0.2, 0.25) is 0 Å². The maximum absolute atomic E-state index is 3.35. The number of anilines is 1. The number of hydrogen-bond donors (Lipinski definition) is 1. The van der Waals surface area contributed by atoms with E-state index < -0.39 is 0 Å². The van der Waals surface area contributed by atoms with Gasteiger partial charge in [0.1, 0.15) is 0 Å². The minimum atomic E-state index is 0.444. The lowest BCUT2D eigenvalue weighted by Crippen LogP contribution is -2.22. The van der Waals surface area contributed by atoms with Crippen LogP contribution in [0.5, 0.6) is 0 Å². The van der Waals surface area contributed by atoms with Gasteiger partial charge in [-0.1, -0.05) is 13.0 Å². The zero-order chi connectivity index (χ0) is 11.3. The van der Waals surface area contributed by atoms with Gasteiger partial charge in [0.25, 0.3) is 0 Å². The molecule has 1 N–H and O–H groups in total. The Kier molecular flexibility index (Phi) is 4.85. The summed E-state index contributed by atoms with van der Waals surface area (Å²) in [6, 6.07) is 4.76. The molecule has 0 bridgehead atoms. The second-order valence-electron chi connectivity index (χ2n) is 3.78. The van der Waals surface area contributed by atoms with Gasteiger partial charge in [-0.2, -0.15) is 0 Å². The first-order valence-corrected chi connectivity index (χ1v) is 6.14. The molecule has 1 aromatic rings. The highest BCUT2D eigenvalue weighted by Crippen LogP contribution is 2.25. The lowest BCUT2D eigenvalue weighted by Gasteiger charge is -2.07. The number of rotatable bonds is 5. The van der Waals surface area contributed by atoms with E-state index in [1.165, 1.54) is 9.88 Å². The SMILES string of the molecule is CCNC(C)/C=C/c1ccc(N(C)C)s1. The quantitative estimate of drug-likeness (QED) is 0.827. The molecule has 15 heavy (non-hydrogen) atoms. The lowest BCUT2D eigenvalue weighted by atomic mass is 10.3. The highest BCUT2D eigenvalue weighted by atomic mass is 32.1. The van der Waals surface area contributed by atoms with Gasteiger partial charge >= 0.3 is 0 Å². The Bertz CT molecular complexity index is 315. The zero-order valence-electron chi connectivity index (χ0n) is 9.95. The number of nitrogens with one attached hydrogen (secondary N) is 1. The Morgan fingerprint density at radius 3 is 2.73 bits per heavy atom. The van der Waals surface area contributed by atoms with E-state index in [2.05, 4.69) is 62.4 Å². The Labute approximate surface area is 96.6 Å². The average Bonchev–Trinajstić information content (AvgIpc) is 2.63. The third kappa shape index (κ3) is 4.06. The minimum absolute atomic E-state index is 0.444. The van der Waals surface area contributed by atoms with E-state index in [9.17, 15) is 0 Å². The second-order valence-corrected chi connectivity index (χ2v) is 4.87. The smallest absolute Gasteiger partial charge is 0.0909 e. The maximum Gasteiger partial charge on any atom is 0.0909 e. The van der Waals surface area contributed by atoms with Crippen LogP contribution in [0, 0.1) is 0 Å². The minimum Gasteiger partial charge on any atom is -0.370 e. The van der Waals surface area contributed by atoms with Crippen molar-refractivity contribution in [1.82, 2.24) is 5.32 Å². The molecule has 3 heteroatoms. The average molecular weight is 224 g/mol. The van der Waals surface area contributed by atoms with Gasteiger partial charge in [-0.15, -0.1) is 11.3 Å². The van der Waals surface area contributed by atoms with Gasteiger partial charge < -0.3 is 10.2 Å². The van der Waals surface area contributed by atoms with Crippen LogP contribution in [0.2, 0.25) is 0 Å². The van der Waals surface area contributed by atoms with Gasteiger partial charge in [0, 0.05) is 25.0 Å². The zero-order valence-corrected chi connectivity index (χ0v) is 10.8. The Morgan fingerprint density at radius 2 is 2.20 bits per heavy atom. The predicted molar refractivity (Wildman–Crippen MR) is 70.8 cm³/mol. The largest absolute Gasteiger partial charge is 0.370 e.